The molecule has 2 aromatic carbocycles. The van der Waals surface area contributed by atoms with E-state index in [-0.39, 0.29) is 0 Å². The van der Waals surface area contributed by atoms with Gasteiger partial charge in [0.05, 0.1) is 23.2 Å². The highest BCUT2D eigenvalue weighted by Crippen LogP contribution is 2.44. The quantitative estimate of drug-likeness (QED) is 0.490. The van der Waals surface area contributed by atoms with Crippen LogP contribution < -0.4 is 9.47 Å². The largest absolute Gasteiger partial charge is 0.497 e. The molecule has 0 radical (unpaired) electrons. The molecule has 0 aliphatic rings. The van der Waals surface area contributed by atoms with Gasteiger partial charge in [0, 0.05) is 11.1 Å². The molecule has 3 rings (SSSR count). The van der Waals surface area contributed by atoms with Crippen LogP contribution in [0.3, 0.4) is 0 Å². The Morgan fingerprint density at radius 2 is 1.00 bits per heavy atom. The smallest absolute Gasteiger partial charge is 0.150 e. The first-order valence-corrected chi connectivity index (χ1v) is 8.49. The van der Waals surface area contributed by atoms with E-state index < -0.39 is 0 Å². The van der Waals surface area contributed by atoms with Gasteiger partial charge in [-0.25, -0.2) is 0 Å². The van der Waals surface area contributed by atoms with E-state index in [2.05, 4.69) is 31.9 Å². The zero-order chi connectivity index (χ0) is 16.4. The Bertz CT molecular complexity index is 738. The van der Waals surface area contributed by atoms with Crippen molar-refractivity contribution in [3.05, 3.63) is 57.5 Å². The fraction of sp³-hybridized carbons (Fsp3) is 0.111. The van der Waals surface area contributed by atoms with Gasteiger partial charge in [-0.05, 0) is 80.4 Å². The van der Waals surface area contributed by atoms with Crippen LogP contribution in [0.15, 0.2) is 61.9 Å². The van der Waals surface area contributed by atoms with E-state index in [9.17, 15) is 0 Å². The number of hydrogen-bond acceptors (Lipinski definition) is 3. The number of rotatable bonds is 4. The first-order valence-electron chi connectivity index (χ1n) is 6.90. The van der Waals surface area contributed by atoms with Crippen LogP contribution in [0.25, 0.3) is 22.6 Å². The van der Waals surface area contributed by atoms with Crippen LogP contribution >= 0.6 is 31.9 Å². The second kappa shape index (κ2) is 6.81. The Morgan fingerprint density at radius 1 is 0.652 bits per heavy atom. The second-order valence-electron chi connectivity index (χ2n) is 4.85. The molecule has 0 fully saturated rings. The van der Waals surface area contributed by atoms with Crippen molar-refractivity contribution in [3.63, 3.8) is 0 Å². The normalized spacial score (nSPS) is 10.6. The highest BCUT2D eigenvalue weighted by molar-refractivity contribution is 9.13. The fourth-order valence-electron chi connectivity index (χ4n) is 2.25. The first-order chi connectivity index (χ1) is 11.1. The van der Waals surface area contributed by atoms with Gasteiger partial charge in [0.25, 0.3) is 0 Å². The molecule has 23 heavy (non-hydrogen) atoms. The van der Waals surface area contributed by atoms with E-state index in [0.717, 1.165) is 43.1 Å². The topological polar surface area (TPSA) is 31.6 Å². The number of furan rings is 1. The first kappa shape index (κ1) is 16.1. The predicted octanol–water partition coefficient (Wildman–Crippen LogP) is 6.16. The van der Waals surface area contributed by atoms with Crippen molar-refractivity contribution in [1.82, 2.24) is 0 Å². The highest BCUT2D eigenvalue weighted by atomic mass is 79.9. The maximum Gasteiger partial charge on any atom is 0.150 e. The van der Waals surface area contributed by atoms with Gasteiger partial charge in [-0.1, -0.05) is 0 Å². The summed E-state index contributed by atoms with van der Waals surface area (Å²) in [7, 11) is 3.30. The average molecular weight is 438 g/mol. The van der Waals surface area contributed by atoms with E-state index in [1.54, 1.807) is 14.2 Å². The van der Waals surface area contributed by atoms with Gasteiger partial charge in [-0.15, -0.1) is 0 Å². The average Bonchev–Trinajstić information content (AvgIpc) is 2.91. The number of hydrogen-bond donors (Lipinski definition) is 0. The molecule has 0 aliphatic heterocycles. The Hall–Kier alpha value is -1.72. The van der Waals surface area contributed by atoms with Crippen molar-refractivity contribution in [1.29, 1.82) is 0 Å². The van der Waals surface area contributed by atoms with Gasteiger partial charge in [0.1, 0.15) is 23.0 Å². The second-order valence-corrected chi connectivity index (χ2v) is 6.43. The summed E-state index contributed by atoms with van der Waals surface area (Å²) in [5.41, 5.74) is 1.94. The van der Waals surface area contributed by atoms with E-state index in [1.807, 2.05) is 48.5 Å². The Balaban J connectivity index is 2.03. The lowest BCUT2D eigenvalue weighted by Crippen LogP contribution is -1.82. The van der Waals surface area contributed by atoms with Crippen molar-refractivity contribution < 1.29 is 13.9 Å². The third-order valence-electron chi connectivity index (χ3n) is 3.50. The summed E-state index contributed by atoms with van der Waals surface area (Å²) in [5.74, 6) is 3.16. The van der Waals surface area contributed by atoms with Crippen LogP contribution in [0.1, 0.15) is 0 Å². The van der Waals surface area contributed by atoms with Crippen molar-refractivity contribution in [2.75, 3.05) is 14.2 Å². The van der Waals surface area contributed by atoms with E-state index in [0.29, 0.717) is 0 Å². The lowest BCUT2D eigenvalue weighted by molar-refractivity contribution is 0.415. The van der Waals surface area contributed by atoms with Gasteiger partial charge >= 0.3 is 0 Å². The highest BCUT2D eigenvalue weighted by Gasteiger charge is 2.19. The number of ether oxygens (including phenoxy) is 2. The van der Waals surface area contributed by atoms with Crippen molar-refractivity contribution in [2.45, 2.75) is 0 Å². The van der Waals surface area contributed by atoms with Gasteiger partial charge in [-0.2, -0.15) is 0 Å². The van der Waals surface area contributed by atoms with E-state index in [1.165, 1.54) is 0 Å². The molecule has 0 aliphatic carbocycles. The minimum Gasteiger partial charge on any atom is -0.497 e. The molecule has 0 amide bonds. The van der Waals surface area contributed by atoms with Crippen LogP contribution in [0.4, 0.5) is 0 Å². The molecule has 0 unspecified atom stereocenters. The molecule has 1 heterocycles. The zero-order valence-corrected chi connectivity index (χ0v) is 15.8. The SMILES string of the molecule is COc1ccc(-c2oc(-c3ccc(OC)cc3)c(Br)c2Br)cc1. The summed E-state index contributed by atoms with van der Waals surface area (Å²) in [6.45, 7) is 0. The molecule has 0 atom stereocenters. The molecule has 0 bridgehead atoms. The number of halogens is 2. The van der Waals surface area contributed by atoms with Crippen molar-refractivity contribution in [3.8, 4) is 34.1 Å². The van der Waals surface area contributed by atoms with E-state index >= 15 is 0 Å². The van der Waals surface area contributed by atoms with Crippen LogP contribution in [-0.4, -0.2) is 14.2 Å². The predicted molar refractivity (Wildman–Crippen MR) is 98.1 cm³/mol. The molecule has 118 valence electrons. The van der Waals surface area contributed by atoms with Crippen LogP contribution in [-0.2, 0) is 0 Å². The third kappa shape index (κ3) is 3.16. The monoisotopic (exact) mass is 436 g/mol. The lowest BCUT2D eigenvalue weighted by Gasteiger charge is -2.02. The Labute approximate surface area is 151 Å². The summed E-state index contributed by atoms with van der Waals surface area (Å²) < 4.78 is 18.2. The standard InChI is InChI=1S/C18H14Br2O3/c1-21-13-7-3-11(4-8-13)17-15(19)16(20)18(23-17)12-5-9-14(22-2)10-6-12/h3-10H,1-2H3. The molecule has 3 aromatic rings. The summed E-state index contributed by atoms with van der Waals surface area (Å²) in [6, 6.07) is 15.5. The number of benzene rings is 2. The number of methoxy groups -OCH3 is 2. The third-order valence-corrected chi connectivity index (χ3v) is 5.55. The van der Waals surface area contributed by atoms with Crippen molar-refractivity contribution >= 4 is 31.9 Å². The lowest BCUT2D eigenvalue weighted by atomic mass is 10.1. The van der Waals surface area contributed by atoms with Gasteiger partial charge < -0.3 is 13.9 Å². The molecule has 5 heteroatoms. The minimum absolute atomic E-state index is 0.769. The van der Waals surface area contributed by atoms with Gasteiger partial charge in [-0.3, -0.25) is 0 Å². The fourth-order valence-corrected chi connectivity index (χ4v) is 3.23. The molecule has 0 spiro atoms. The molecule has 0 saturated carbocycles. The molecule has 3 nitrogen and oxygen atoms in total. The van der Waals surface area contributed by atoms with Crippen LogP contribution in [0.2, 0.25) is 0 Å². The van der Waals surface area contributed by atoms with E-state index in [4.69, 9.17) is 13.9 Å². The molecular formula is C18H14Br2O3. The summed E-state index contributed by atoms with van der Waals surface area (Å²) in [4.78, 5) is 0. The molecule has 0 N–H and O–H groups in total. The molecule has 0 saturated heterocycles. The summed E-state index contributed by atoms with van der Waals surface area (Å²) in [6.07, 6.45) is 0. The maximum atomic E-state index is 6.09. The van der Waals surface area contributed by atoms with Crippen LogP contribution in [0, 0.1) is 0 Å². The van der Waals surface area contributed by atoms with Crippen LogP contribution in [0.5, 0.6) is 11.5 Å². The Kier molecular flexibility index (Phi) is 4.78. The maximum absolute atomic E-state index is 6.09. The summed E-state index contributed by atoms with van der Waals surface area (Å²) >= 11 is 7.20. The molecular weight excluding hydrogens is 424 g/mol. The Morgan fingerprint density at radius 3 is 1.30 bits per heavy atom. The zero-order valence-electron chi connectivity index (χ0n) is 12.6. The molecule has 1 aromatic heterocycles. The summed E-state index contributed by atoms with van der Waals surface area (Å²) in [5, 5.41) is 0. The van der Waals surface area contributed by atoms with Gasteiger partial charge in [0.2, 0.25) is 0 Å². The minimum atomic E-state index is 0.769. The van der Waals surface area contributed by atoms with Crippen molar-refractivity contribution in [2.24, 2.45) is 0 Å². The van der Waals surface area contributed by atoms with Gasteiger partial charge in [0.15, 0.2) is 0 Å².